The van der Waals surface area contributed by atoms with E-state index in [1.807, 2.05) is 0 Å². The van der Waals surface area contributed by atoms with Crippen molar-refractivity contribution in [3.63, 3.8) is 0 Å². The van der Waals surface area contributed by atoms with E-state index in [1.165, 1.54) is 17.9 Å². The van der Waals surface area contributed by atoms with Crippen LogP contribution in [0.2, 0.25) is 0 Å². The molecule has 1 saturated heterocycles. The van der Waals surface area contributed by atoms with Crippen LogP contribution in [0, 0.1) is 11.6 Å². The van der Waals surface area contributed by atoms with Crippen molar-refractivity contribution in [2.45, 2.75) is 44.3 Å². The molecule has 37 heavy (non-hydrogen) atoms. The average molecular weight is 531 g/mol. The van der Waals surface area contributed by atoms with E-state index in [9.17, 15) is 40.3 Å². The number of hydrogen-bond donors (Lipinski definition) is 1. The maximum Gasteiger partial charge on any atom is 0.408 e. The quantitative estimate of drug-likeness (QED) is 0.495. The standard InChI is InChI=1S/C23H20F7N5O2/c1-2-16(23(28,29)30)32-21(37)14-10-35(20-15(25)8-12(24)9-31-20)19-13(18(14)36)4-5-17(33-19)34-7-3-6-22(26,27)11-34/h4-5,8-10,16H,2-3,6-7,11H2,1H3,(H,32,37)/t16-/m1/s1. The Bertz CT molecular complexity index is 1410. The summed E-state index contributed by atoms with van der Waals surface area (Å²) in [6.45, 7) is 0.748. The Labute approximate surface area is 204 Å². The Morgan fingerprint density at radius 2 is 1.97 bits per heavy atom. The molecule has 1 aliphatic rings. The summed E-state index contributed by atoms with van der Waals surface area (Å²) >= 11 is 0. The molecule has 1 atom stereocenters. The molecular formula is C23H20F7N5O2. The number of carbonyl (C=O) groups excluding carboxylic acids is 1. The Balaban J connectivity index is 1.90. The maximum absolute atomic E-state index is 14.7. The number of fused-ring (bicyclic) bond motifs is 1. The van der Waals surface area contributed by atoms with Crippen LogP contribution in [0.1, 0.15) is 36.5 Å². The fraction of sp³-hybridized carbons (Fsp3) is 0.391. The predicted octanol–water partition coefficient (Wildman–Crippen LogP) is 4.37. The van der Waals surface area contributed by atoms with Gasteiger partial charge in [-0.2, -0.15) is 13.2 Å². The molecule has 0 aliphatic carbocycles. The molecular weight excluding hydrogens is 511 g/mol. The van der Waals surface area contributed by atoms with Crippen molar-refractivity contribution in [2.75, 3.05) is 18.0 Å². The van der Waals surface area contributed by atoms with E-state index in [-0.39, 0.29) is 36.2 Å². The maximum atomic E-state index is 14.7. The highest BCUT2D eigenvalue weighted by Gasteiger charge is 2.40. The molecule has 0 unspecified atom stereocenters. The molecule has 198 valence electrons. The van der Waals surface area contributed by atoms with Crippen molar-refractivity contribution >= 4 is 22.8 Å². The number of anilines is 1. The van der Waals surface area contributed by atoms with Crippen molar-refractivity contribution in [1.29, 1.82) is 0 Å². The summed E-state index contributed by atoms with van der Waals surface area (Å²) in [7, 11) is 0. The van der Waals surface area contributed by atoms with Crippen molar-refractivity contribution in [3.05, 3.63) is 58.0 Å². The molecule has 0 bridgehead atoms. The van der Waals surface area contributed by atoms with Gasteiger partial charge in [0.05, 0.1) is 18.1 Å². The van der Waals surface area contributed by atoms with E-state index in [0.29, 0.717) is 12.3 Å². The monoisotopic (exact) mass is 531 g/mol. The van der Waals surface area contributed by atoms with Gasteiger partial charge in [0, 0.05) is 25.2 Å². The molecule has 0 saturated carbocycles. The third-order valence-corrected chi connectivity index (χ3v) is 5.92. The molecule has 7 nitrogen and oxygen atoms in total. The van der Waals surface area contributed by atoms with E-state index in [1.54, 1.807) is 5.32 Å². The van der Waals surface area contributed by atoms with Crippen molar-refractivity contribution in [3.8, 4) is 5.82 Å². The summed E-state index contributed by atoms with van der Waals surface area (Å²) in [5.74, 6) is -7.23. The molecule has 1 amide bonds. The number of alkyl halides is 5. The molecule has 0 aromatic carbocycles. The van der Waals surface area contributed by atoms with Gasteiger partial charge in [-0.15, -0.1) is 0 Å². The normalized spacial score (nSPS) is 16.6. The van der Waals surface area contributed by atoms with Gasteiger partial charge in [0.2, 0.25) is 5.43 Å². The predicted molar refractivity (Wildman–Crippen MR) is 119 cm³/mol. The lowest BCUT2D eigenvalue weighted by Gasteiger charge is -2.33. The summed E-state index contributed by atoms with van der Waals surface area (Å²) in [5, 5.41) is 1.43. The number of rotatable bonds is 5. The van der Waals surface area contributed by atoms with Gasteiger partial charge in [-0.05, 0) is 25.0 Å². The number of hydrogen-bond acceptors (Lipinski definition) is 5. The second-order valence-electron chi connectivity index (χ2n) is 8.60. The van der Waals surface area contributed by atoms with Crippen molar-refractivity contribution in [2.24, 2.45) is 0 Å². The minimum Gasteiger partial charge on any atom is -0.351 e. The first-order valence-electron chi connectivity index (χ1n) is 11.2. The molecule has 0 spiro atoms. The van der Waals surface area contributed by atoms with E-state index in [0.717, 1.165) is 16.8 Å². The zero-order valence-corrected chi connectivity index (χ0v) is 19.3. The van der Waals surface area contributed by atoms with E-state index in [4.69, 9.17) is 0 Å². The molecule has 3 aromatic rings. The van der Waals surface area contributed by atoms with Crippen LogP contribution in [0.15, 0.2) is 35.4 Å². The van der Waals surface area contributed by atoms with Crippen LogP contribution in [0.3, 0.4) is 0 Å². The van der Waals surface area contributed by atoms with Gasteiger partial charge in [-0.1, -0.05) is 6.92 Å². The smallest absolute Gasteiger partial charge is 0.351 e. The van der Waals surface area contributed by atoms with Gasteiger partial charge in [-0.3, -0.25) is 14.2 Å². The van der Waals surface area contributed by atoms with Crippen molar-refractivity contribution < 1.29 is 35.5 Å². The first kappa shape index (κ1) is 26.4. The highest BCUT2D eigenvalue weighted by molar-refractivity contribution is 5.97. The van der Waals surface area contributed by atoms with Gasteiger partial charge >= 0.3 is 6.18 Å². The average Bonchev–Trinajstić information content (AvgIpc) is 2.81. The molecule has 4 rings (SSSR count). The summed E-state index contributed by atoms with van der Waals surface area (Å²) in [6, 6.07) is 0.613. The zero-order valence-electron chi connectivity index (χ0n) is 19.3. The second kappa shape index (κ2) is 9.63. The van der Waals surface area contributed by atoms with Crippen LogP contribution in [0.4, 0.5) is 36.6 Å². The molecule has 0 radical (unpaired) electrons. The first-order chi connectivity index (χ1) is 17.3. The molecule has 1 aliphatic heterocycles. The van der Waals surface area contributed by atoms with Gasteiger partial charge in [0.15, 0.2) is 17.3 Å². The SMILES string of the molecule is CC[C@@H](NC(=O)c1cn(-c2ncc(F)cc2F)c2nc(N3CCCC(F)(F)C3)ccc2c1=O)C(F)(F)F. The summed E-state index contributed by atoms with van der Waals surface area (Å²) < 4.78 is 96.5. The lowest BCUT2D eigenvalue weighted by molar-refractivity contribution is -0.153. The van der Waals surface area contributed by atoms with Crippen LogP contribution in [-0.4, -0.2) is 51.7 Å². The number of nitrogens with zero attached hydrogens (tertiary/aromatic N) is 4. The molecule has 3 aromatic heterocycles. The topological polar surface area (TPSA) is 80.1 Å². The van der Waals surface area contributed by atoms with Crippen LogP contribution < -0.4 is 15.6 Å². The third kappa shape index (κ3) is 5.37. The van der Waals surface area contributed by atoms with Gasteiger partial charge in [0.1, 0.15) is 23.2 Å². The summed E-state index contributed by atoms with van der Waals surface area (Å²) in [5.41, 5.74) is -2.11. The van der Waals surface area contributed by atoms with Crippen LogP contribution in [-0.2, 0) is 0 Å². The first-order valence-corrected chi connectivity index (χ1v) is 11.2. The number of amides is 1. The highest BCUT2D eigenvalue weighted by Crippen LogP contribution is 2.30. The molecule has 14 heteroatoms. The lowest BCUT2D eigenvalue weighted by Crippen LogP contribution is -2.46. The Morgan fingerprint density at radius 3 is 2.59 bits per heavy atom. The molecule has 1 N–H and O–H groups in total. The van der Waals surface area contributed by atoms with Crippen molar-refractivity contribution in [1.82, 2.24) is 19.9 Å². The number of piperidine rings is 1. The summed E-state index contributed by atoms with van der Waals surface area (Å²) in [6.07, 6.45) is -4.08. The zero-order chi connectivity index (χ0) is 27.1. The summed E-state index contributed by atoms with van der Waals surface area (Å²) in [4.78, 5) is 34.9. The highest BCUT2D eigenvalue weighted by atomic mass is 19.4. The van der Waals surface area contributed by atoms with Gasteiger partial charge < -0.3 is 10.2 Å². The minimum absolute atomic E-state index is 0.0165. The Hall–Kier alpha value is -3.71. The van der Waals surface area contributed by atoms with Crippen LogP contribution in [0.25, 0.3) is 16.9 Å². The van der Waals surface area contributed by atoms with E-state index < -0.39 is 65.5 Å². The number of nitrogens with one attached hydrogen (secondary N) is 1. The molecule has 4 heterocycles. The van der Waals surface area contributed by atoms with E-state index in [2.05, 4.69) is 9.97 Å². The van der Waals surface area contributed by atoms with Crippen LogP contribution in [0.5, 0.6) is 0 Å². The number of halogens is 7. The lowest BCUT2D eigenvalue weighted by atomic mass is 10.1. The molecule has 1 fully saturated rings. The largest absolute Gasteiger partial charge is 0.408 e. The number of carbonyl (C=O) groups is 1. The number of pyridine rings is 3. The third-order valence-electron chi connectivity index (χ3n) is 5.92. The fourth-order valence-electron chi connectivity index (χ4n) is 4.09. The van der Waals surface area contributed by atoms with Gasteiger partial charge in [-0.25, -0.2) is 27.5 Å². The Kier molecular flexibility index (Phi) is 6.86. The van der Waals surface area contributed by atoms with Gasteiger partial charge in [0.25, 0.3) is 11.8 Å². The number of aromatic nitrogens is 3. The minimum atomic E-state index is -4.79. The van der Waals surface area contributed by atoms with E-state index >= 15 is 0 Å². The Morgan fingerprint density at radius 1 is 1.24 bits per heavy atom. The fourth-order valence-corrected chi connectivity index (χ4v) is 4.09. The van der Waals surface area contributed by atoms with Crippen LogP contribution >= 0.6 is 0 Å². The second-order valence-corrected chi connectivity index (χ2v) is 8.60.